The Balaban J connectivity index is 0.750. The number of nitrogens with zero attached hydrogens (tertiary/aromatic N) is 9. The Morgan fingerprint density at radius 2 is 1.67 bits per heavy atom. The van der Waals surface area contributed by atoms with E-state index in [-0.39, 0.29) is 61.3 Å². The number of fused-ring (bicyclic) bond motifs is 2. The summed E-state index contributed by atoms with van der Waals surface area (Å²) < 4.78 is 33.3. The van der Waals surface area contributed by atoms with Gasteiger partial charge in [0.2, 0.25) is 23.6 Å². The first-order valence-corrected chi connectivity index (χ1v) is 28.4. The maximum atomic E-state index is 14.8. The summed E-state index contributed by atoms with van der Waals surface area (Å²) in [6.07, 6.45) is 6.72. The summed E-state index contributed by atoms with van der Waals surface area (Å²) in [6.45, 7) is 10.4. The third kappa shape index (κ3) is 12.4. The van der Waals surface area contributed by atoms with Gasteiger partial charge in [-0.25, -0.2) is 18.6 Å². The molecule has 0 saturated carbocycles. The number of thiazole rings is 1. The highest BCUT2D eigenvalue weighted by Gasteiger charge is 2.45. The van der Waals surface area contributed by atoms with Gasteiger partial charge in [0.15, 0.2) is 5.82 Å². The molecule has 78 heavy (non-hydrogen) atoms. The van der Waals surface area contributed by atoms with Crippen molar-refractivity contribution in [2.24, 2.45) is 12.5 Å². The van der Waals surface area contributed by atoms with Crippen molar-refractivity contribution in [1.29, 1.82) is 0 Å². The molecule has 4 aliphatic heterocycles. The molecule has 2 saturated heterocycles. The molecule has 6 amide bonds. The van der Waals surface area contributed by atoms with E-state index in [1.54, 1.807) is 53.5 Å². The number of aliphatic hydroxyl groups excluding tert-OH is 1. The maximum absolute atomic E-state index is 14.8. The van der Waals surface area contributed by atoms with Crippen molar-refractivity contribution in [3.63, 3.8) is 0 Å². The van der Waals surface area contributed by atoms with Gasteiger partial charge in [0.25, 0.3) is 6.43 Å². The minimum absolute atomic E-state index is 0.00764. The number of piperidine rings is 1. The fourth-order valence-corrected chi connectivity index (χ4v) is 12.4. The number of aromatic nitrogens is 5. The van der Waals surface area contributed by atoms with E-state index >= 15 is 0 Å². The average Bonchev–Trinajstić information content (AvgIpc) is 4.44. The topological polar surface area (TPSA) is 203 Å². The number of halogens is 2. The standard InChI is InChI=1S/C57H74F2N12O6S/c1-35-50(78-34-62-35)37-17-15-36(16-18-37)29-61-54(75)47-27-41(72)32-70(47)55(76)51(57(2,3)4)64-48(73)13-9-7-8-10-14-49(74)67-23-19-40(20-24-67)71-45-21-25-68(56(77)60-5)33-44(45)53(65-71)69-22-11-12-38-26-42(39-30-63-66(6)31-39)43(52(58)59)28-46(38)69/h15-18,26,28,30-31,34,40-41,47,51-52,72H,7-14,19-25,27,29,32-33H2,1-6H3,(H,60,77)(H,61,75)(H,64,73)/t41-,47+,51-/m1/s1. The number of hydrogen-bond acceptors (Lipinski definition) is 11. The number of unbranched alkanes of at least 4 members (excludes halogenated alkanes) is 3. The Morgan fingerprint density at radius 1 is 0.923 bits per heavy atom. The van der Waals surface area contributed by atoms with E-state index in [2.05, 4.69) is 35.6 Å². The SMILES string of the molecule is CNC(=O)N1CCc2c(c(N3CCCc4cc(-c5cnn(C)c5)c(C(F)F)cc43)nn2C2CCN(C(=O)CCCCCCC(=O)N[C@H](C(=O)N3C[C@H](O)C[C@H]3C(=O)NCc3ccc(-c4scnc4C)cc3)C(C)(C)C)CC2)C1. The lowest BCUT2D eigenvalue weighted by Crippen LogP contribution is -2.57. The second kappa shape index (κ2) is 24.1. The first-order chi connectivity index (χ1) is 37.4. The number of nitrogens with one attached hydrogen (secondary N) is 3. The summed E-state index contributed by atoms with van der Waals surface area (Å²) in [5.74, 6) is -0.274. The molecule has 2 fully saturated rings. The summed E-state index contributed by atoms with van der Waals surface area (Å²) >= 11 is 1.57. The lowest BCUT2D eigenvalue weighted by molar-refractivity contribution is -0.144. The summed E-state index contributed by atoms with van der Waals surface area (Å²) in [4.78, 5) is 80.1. The van der Waals surface area contributed by atoms with Crippen LogP contribution in [0.25, 0.3) is 21.6 Å². The number of aryl methyl sites for hydroxylation is 3. The molecule has 21 heteroatoms. The number of carbonyl (C=O) groups excluding carboxylic acids is 5. The van der Waals surface area contributed by atoms with Crippen molar-refractivity contribution < 1.29 is 37.9 Å². The average molecular weight is 1090 g/mol. The zero-order chi connectivity index (χ0) is 55.4. The van der Waals surface area contributed by atoms with Crippen molar-refractivity contribution in [3.8, 4) is 21.6 Å². The molecule has 3 atom stereocenters. The van der Waals surface area contributed by atoms with Gasteiger partial charge in [-0.15, -0.1) is 11.3 Å². The molecule has 418 valence electrons. The number of anilines is 2. The zero-order valence-corrected chi connectivity index (χ0v) is 46.5. The number of likely N-dealkylation sites (tertiary alicyclic amines) is 2. The van der Waals surface area contributed by atoms with Crippen LogP contribution in [0.4, 0.5) is 25.1 Å². The van der Waals surface area contributed by atoms with E-state index in [0.29, 0.717) is 93.9 Å². The van der Waals surface area contributed by atoms with Gasteiger partial charge in [-0.3, -0.25) is 28.5 Å². The number of β-amino-alcohol motifs (C(OH)–C–C–N with tert-alkyl or cyclic N) is 1. The number of amides is 6. The van der Waals surface area contributed by atoms with E-state index in [1.807, 2.05) is 68.4 Å². The van der Waals surface area contributed by atoms with Crippen LogP contribution in [0.15, 0.2) is 54.3 Å². The van der Waals surface area contributed by atoms with Crippen LogP contribution in [-0.4, -0.2) is 132 Å². The summed E-state index contributed by atoms with van der Waals surface area (Å²) in [5, 5.41) is 28.8. The molecule has 0 aliphatic carbocycles. The molecular weight excluding hydrogens is 1020 g/mol. The number of benzene rings is 2. The van der Waals surface area contributed by atoms with Crippen LogP contribution >= 0.6 is 11.3 Å². The van der Waals surface area contributed by atoms with Crippen LogP contribution in [0.2, 0.25) is 0 Å². The molecule has 5 aromatic rings. The normalized spacial score (nSPS) is 18.2. The Morgan fingerprint density at radius 3 is 2.33 bits per heavy atom. The molecule has 18 nitrogen and oxygen atoms in total. The molecular formula is C57H74F2N12O6S. The van der Waals surface area contributed by atoms with Gasteiger partial charge >= 0.3 is 6.03 Å². The van der Waals surface area contributed by atoms with Crippen LogP contribution in [0.1, 0.15) is 131 Å². The van der Waals surface area contributed by atoms with E-state index < -0.39 is 35.9 Å². The summed E-state index contributed by atoms with van der Waals surface area (Å²) in [6, 6.07) is 9.39. The van der Waals surface area contributed by atoms with Gasteiger partial charge in [-0.1, -0.05) is 57.9 Å². The monoisotopic (exact) mass is 1090 g/mol. The molecule has 2 aromatic carbocycles. The van der Waals surface area contributed by atoms with Crippen molar-refractivity contribution >= 4 is 52.5 Å². The van der Waals surface area contributed by atoms with E-state index in [1.165, 1.54) is 4.90 Å². The van der Waals surface area contributed by atoms with Gasteiger partial charge in [0.1, 0.15) is 12.1 Å². The van der Waals surface area contributed by atoms with Crippen LogP contribution in [-0.2, 0) is 52.2 Å². The van der Waals surface area contributed by atoms with Gasteiger partial charge in [0.05, 0.1) is 41.0 Å². The largest absolute Gasteiger partial charge is 0.391 e. The van der Waals surface area contributed by atoms with Crippen LogP contribution in [0.3, 0.4) is 0 Å². The number of urea groups is 1. The van der Waals surface area contributed by atoms with Gasteiger partial charge in [-0.05, 0) is 85.3 Å². The molecule has 0 bridgehead atoms. The fraction of sp³-hybridized carbons (Fsp3) is 0.544. The molecule has 0 spiro atoms. The molecule has 7 heterocycles. The van der Waals surface area contributed by atoms with E-state index in [0.717, 1.165) is 64.2 Å². The van der Waals surface area contributed by atoms with E-state index in [9.17, 15) is 37.9 Å². The zero-order valence-electron chi connectivity index (χ0n) is 45.7. The highest BCUT2D eigenvalue weighted by molar-refractivity contribution is 7.13. The number of aliphatic hydroxyl groups is 1. The second-order valence-electron chi connectivity index (χ2n) is 22.4. The Hall–Kier alpha value is -6.74. The first kappa shape index (κ1) is 56.0. The predicted molar refractivity (Wildman–Crippen MR) is 294 cm³/mol. The van der Waals surface area contributed by atoms with Gasteiger partial charge in [-0.2, -0.15) is 10.2 Å². The smallest absolute Gasteiger partial charge is 0.317 e. The maximum Gasteiger partial charge on any atom is 0.317 e. The molecule has 0 unspecified atom stereocenters. The molecule has 3 aromatic heterocycles. The van der Waals surface area contributed by atoms with Crippen molar-refractivity contribution in [2.75, 3.05) is 44.7 Å². The predicted octanol–water partition coefficient (Wildman–Crippen LogP) is 7.75. The van der Waals surface area contributed by atoms with Crippen LogP contribution in [0.5, 0.6) is 0 Å². The van der Waals surface area contributed by atoms with Crippen molar-refractivity contribution in [2.45, 2.75) is 148 Å². The summed E-state index contributed by atoms with van der Waals surface area (Å²) in [5.41, 5.74) is 8.69. The number of rotatable bonds is 17. The van der Waals surface area contributed by atoms with Crippen molar-refractivity contribution in [1.82, 2.24) is 55.2 Å². The van der Waals surface area contributed by atoms with Gasteiger partial charge in [0, 0.05) is 113 Å². The lowest BCUT2D eigenvalue weighted by Gasteiger charge is -2.35. The van der Waals surface area contributed by atoms with Crippen LogP contribution < -0.4 is 20.9 Å². The Labute approximate surface area is 458 Å². The number of hydrogen-bond donors (Lipinski definition) is 4. The number of carbonyl (C=O) groups is 5. The van der Waals surface area contributed by atoms with Crippen LogP contribution in [0, 0.1) is 12.3 Å². The highest BCUT2D eigenvalue weighted by atomic mass is 32.1. The second-order valence-corrected chi connectivity index (χ2v) is 23.3. The van der Waals surface area contributed by atoms with Gasteiger partial charge < -0.3 is 40.7 Å². The molecule has 4 N–H and O–H groups in total. The minimum atomic E-state index is -2.71. The number of alkyl halides is 2. The fourth-order valence-electron chi connectivity index (χ4n) is 11.6. The molecule has 9 rings (SSSR count). The molecule has 0 radical (unpaired) electrons. The Bertz CT molecular complexity index is 2980. The summed E-state index contributed by atoms with van der Waals surface area (Å²) in [7, 11) is 3.37. The van der Waals surface area contributed by atoms with Crippen molar-refractivity contribution in [3.05, 3.63) is 87.9 Å². The highest BCUT2D eigenvalue weighted by Crippen LogP contribution is 2.44. The third-order valence-corrected chi connectivity index (χ3v) is 16.8. The third-order valence-electron chi connectivity index (χ3n) is 15.9. The van der Waals surface area contributed by atoms with E-state index in [4.69, 9.17) is 5.10 Å². The minimum Gasteiger partial charge on any atom is -0.391 e. The Kier molecular flexibility index (Phi) is 17.3. The molecule has 4 aliphatic rings. The quantitative estimate of drug-likeness (QED) is 0.0667. The first-order valence-electron chi connectivity index (χ1n) is 27.5. The lowest BCUT2D eigenvalue weighted by atomic mass is 9.85.